The van der Waals surface area contributed by atoms with E-state index in [9.17, 15) is 0 Å². The zero-order valence-corrected chi connectivity index (χ0v) is 12.5. The molecular formula is C18H20N2. The van der Waals surface area contributed by atoms with Gasteiger partial charge < -0.3 is 4.57 Å². The molecule has 0 aliphatic heterocycles. The number of hydrogen-bond acceptors (Lipinski definition) is 1. The van der Waals surface area contributed by atoms with E-state index >= 15 is 0 Å². The smallest absolute Gasteiger partial charge is 0.0705 e. The van der Waals surface area contributed by atoms with Crippen LogP contribution in [0.1, 0.15) is 26.3 Å². The molecule has 0 amide bonds. The number of benzene rings is 1. The maximum absolute atomic E-state index is 4.53. The van der Waals surface area contributed by atoms with Crippen molar-refractivity contribution in [2.45, 2.75) is 26.2 Å². The number of pyridine rings is 1. The van der Waals surface area contributed by atoms with Crippen molar-refractivity contribution in [1.29, 1.82) is 0 Å². The van der Waals surface area contributed by atoms with Crippen LogP contribution in [0.4, 0.5) is 0 Å². The van der Waals surface area contributed by atoms with E-state index in [1.165, 1.54) is 22.0 Å². The predicted molar refractivity (Wildman–Crippen MR) is 84.9 cm³/mol. The second-order valence-corrected chi connectivity index (χ2v) is 6.38. The molecule has 20 heavy (non-hydrogen) atoms. The Balaban J connectivity index is 2.13. The monoisotopic (exact) mass is 264 g/mol. The van der Waals surface area contributed by atoms with E-state index in [1.54, 1.807) is 0 Å². The van der Waals surface area contributed by atoms with Gasteiger partial charge in [0.1, 0.15) is 0 Å². The third kappa shape index (κ3) is 2.22. The molecule has 2 heterocycles. The molecule has 0 saturated carbocycles. The molecular weight excluding hydrogens is 244 g/mol. The first-order valence-electron chi connectivity index (χ1n) is 6.97. The van der Waals surface area contributed by atoms with E-state index in [1.807, 2.05) is 6.20 Å². The fraction of sp³-hybridized carbons (Fsp3) is 0.278. The van der Waals surface area contributed by atoms with Gasteiger partial charge in [-0.1, -0.05) is 32.9 Å². The van der Waals surface area contributed by atoms with Crippen molar-refractivity contribution in [1.82, 2.24) is 9.55 Å². The van der Waals surface area contributed by atoms with Crippen LogP contribution >= 0.6 is 0 Å². The van der Waals surface area contributed by atoms with Gasteiger partial charge in [0.2, 0.25) is 0 Å². The summed E-state index contributed by atoms with van der Waals surface area (Å²) in [7, 11) is 2.07. The Morgan fingerprint density at radius 2 is 1.80 bits per heavy atom. The molecule has 0 atom stereocenters. The van der Waals surface area contributed by atoms with Gasteiger partial charge in [0, 0.05) is 30.5 Å². The average molecular weight is 264 g/mol. The molecule has 0 aliphatic carbocycles. The van der Waals surface area contributed by atoms with Gasteiger partial charge in [-0.05, 0) is 40.6 Å². The van der Waals surface area contributed by atoms with E-state index in [-0.39, 0.29) is 5.41 Å². The van der Waals surface area contributed by atoms with Gasteiger partial charge in [0.15, 0.2) is 0 Å². The number of aryl methyl sites for hydroxylation is 1. The van der Waals surface area contributed by atoms with Crippen LogP contribution in [0, 0.1) is 0 Å². The molecule has 0 aliphatic rings. The molecule has 2 nitrogen and oxygen atoms in total. The third-order valence-electron chi connectivity index (χ3n) is 3.81. The van der Waals surface area contributed by atoms with E-state index in [0.29, 0.717) is 0 Å². The molecule has 0 radical (unpaired) electrons. The zero-order chi connectivity index (χ0) is 14.3. The Bertz CT molecular complexity index is 760. The Morgan fingerprint density at radius 3 is 2.55 bits per heavy atom. The topological polar surface area (TPSA) is 17.8 Å². The van der Waals surface area contributed by atoms with E-state index < -0.39 is 0 Å². The molecule has 3 rings (SSSR count). The SMILES string of the molecule is Cn1ccc2ccc(-c3cc(C(C)(C)C)ccn3)cc21. The summed E-state index contributed by atoms with van der Waals surface area (Å²) in [6, 6.07) is 13.0. The molecule has 2 aromatic heterocycles. The van der Waals surface area contributed by atoms with Crippen LogP contribution in [0.25, 0.3) is 22.2 Å². The highest BCUT2D eigenvalue weighted by atomic mass is 14.9. The molecule has 0 fully saturated rings. The Kier molecular flexibility index (Phi) is 2.89. The van der Waals surface area contributed by atoms with E-state index in [4.69, 9.17) is 0 Å². The van der Waals surface area contributed by atoms with Gasteiger partial charge in [-0.25, -0.2) is 0 Å². The summed E-state index contributed by atoms with van der Waals surface area (Å²) in [5.74, 6) is 0. The second kappa shape index (κ2) is 4.48. The molecule has 0 bridgehead atoms. The molecule has 0 saturated heterocycles. The van der Waals surface area contributed by atoms with Crippen molar-refractivity contribution in [3.05, 3.63) is 54.4 Å². The highest BCUT2D eigenvalue weighted by Crippen LogP contribution is 2.28. The molecule has 3 aromatic rings. The first-order chi connectivity index (χ1) is 9.45. The summed E-state index contributed by atoms with van der Waals surface area (Å²) in [5.41, 5.74) is 4.91. The summed E-state index contributed by atoms with van der Waals surface area (Å²) in [5, 5.41) is 1.27. The van der Waals surface area contributed by atoms with Crippen molar-refractivity contribution in [2.24, 2.45) is 7.05 Å². The largest absolute Gasteiger partial charge is 0.351 e. The first-order valence-corrected chi connectivity index (χ1v) is 6.97. The molecule has 0 spiro atoms. The lowest BCUT2D eigenvalue weighted by molar-refractivity contribution is 0.589. The van der Waals surface area contributed by atoms with Gasteiger partial charge in [0.05, 0.1) is 5.69 Å². The van der Waals surface area contributed by atoms with Crippen LogP contribution in [0.3, 0.4) is 0 Å². The fourth-order valence-electron chi connectivity index (χ4n) is 2.48. The third-order valence-corrected chi connectivity index (χ3v) is 3.81. The minimum absolute atomic E-state index is 0.146. The van der Waals surface area contributed by atoms with Gasteiger partial charge in [-0.2, -0.15) is 0 Å². The van der Waals surface area contributed by atoms with E-state index in [2.05, 4.69) is 80.0 Å². The van der Waals surface area contributed by atoms with Crippen LogP contribution in [0.2, 0.25) is 0 Å². The second-order valence-electron chi connectivity index (χ2n) is 6.38. The van der Waals surface area contributed by atoms with Crippen LogP contribution in [0.15, 0.2) is 48.8 Å². The predicted octanol–water partition coefficient (Wildman–Crippen LogP) is 4.54. The lowest BCUT2D eigenvalue weighted by Gasteiger charge is -2.19. The Labute approximate surface area is 120 Å². The highest BCUT2D eigenvalue weighted by molar-refractivity contribution is 5.84. The number of fused-ring (bicyclic) bond motifs is 1. The van der Waals surface area contributed by atoms with Gasteiger partial charge >= 0.3 is 0 Å². The number of aromatic nitrogens is 2. The normalized spacial score (nSPS) is 12.0. The average Bonchev–Trinajstić information content (AvgIpc) is 2.79. The van der Waals surface area contributed by atoms with Gasteiger partial charge in [-0.15, -0.1) is 0 Å². The number of nitrogens with zero attached hydrogens (tertiary/aromatic N) is 2. The Morgan fingerprint density at radius 1 is 1.00 bits per heavy atom. The van der Waals surface area contributed by atoms with Crippen molar-refractivity contribution in [2.75, 3.05) is 0 Å². The number of rotatable bonds is 1. The van der Waals surface area contributed by atoms with Crippen LogP contribution in [0.5, 0.6) is 0 Å². The Hall–Kier alpha value is -2.09. The molecule has 2 heteroatoms. The van der Waals surface area contributed by atoms with Crippen molar-refractivity contribution in [3.63, 3.8) is 0 Å². The van der Waals surface area contributed by atoms with Crippen molar-refractivity contribution < 1.29 is 0 Å². The van der Waals surface area contributed by atoms with Gasteiger partial charge in [-0.3, -0.25) is 4.98 Å². The summed E-state index contributed by atoms with van der Waals surface area (Å²) in [6.07, 6.45) is 4.00. The maximum atomic E-state index is 4.53. The van der Waals surface area contributed by atoms with Crippen LogP contribution in [-0.2, 0) is 12.5 Å². The van der Waals surface area contributed by atoms with E-state index in [0.717, 1.165) is 5.69 Å². The summed E-state index contributed by atoms with van der Waals surface area (Å²) < 4.78 is 2.15. The molecule has 102 valence electrons. The zero-order valence-electron chi connectivity index (χ0n) is 12.5. The molecule has 0 N–H and O–H groups in total. The standard InChI is InChI=1S/C18H20N2/c1-18(2,3)15-7-9-19-16(12-15)14-6-5-13-8-10-20(4)17(13)11-14/h5-12H,1-4H3. The minimum atomic E-state index is 0.146. The quantitative estimate of drug-likeness (QED) is 0.631. The van der Waals surface area contributed by atoms with Gasteiger partial charge in [0.25, 0.3) is 0 Å². The molecule has 0 unspecified atom stereocenters. The summed E-state index contributed by atoms with van der Waals surface area (Å²) in [6.45, 7) is 6.69. The molecule has 1 aromatic carbocycles. The number of hydrogen-bond donors (Lipinski definition) is 0. The summed E-state index contributed by atoms with van der Waals surface area (Å²) >= 11 is 0. The summed E-state index contributed by atoms with van der Waals surface area (Å²) in [4.78, 5) is 4.53. The lowest BCUT2D eigenvalue weighted by Crippen LogP contribution is -2.11. The van der Waals surface area contributed by atoms with Crippen LogP contribution < -0.4 is 0 Å². The minimum Gasteiger partial charge on any atom is -0.351 e. The van der Waals surface area contributed by atoms with Crippen molar-refractivity contribution in [3.8, 4) is 11.3 Å². The first kappa shape index (κ1) is 12.9. The van der Waals surface area contributed by atoms with Crippen LogP contribution in [-0.4, -0.2) is 9.55 Å². The van der Waals surface area contributed by atoms with Crippen molar-refractivity contribution >= 4 is 10.9 Å². The highest BCUT2D eigenvalue weighted by Gasteiger charge is 2.14. The fourth-order valence-corrected chi connectivity index (χ4v) is 2.48. The maximum Gasteiger partial charge on any atom is 0.0705 e. The lowest BCUT2D eigenvalue weighted by atomic mass is 9.87.